The molecule has 1 heterocycles. The number of nitrogens with one attached hydrogen (secondary N) is 1. The third-order valence-electron chi connectivity index (χ3n) is 2.83. The van der Waals surface area contributed by atoms with Crippen LogP contribution in [0, 0.1) is 10.1 Å². The topological polar surface area (TPSA) is 88.4 Å². The van der Waals surface area contributed by atoms with Crippen molar-refractivity contribution in [3.63, 3.8) is 0 Å². The van der Waals surface area contributed by atoms with Crippen LogP contribution in [0.25, 0.3) is 0 Å². The van der Waals surface area contributed by atoms with Gasteiger partial charge in [-0.2, -0.15) is 0 Å². The highest BCUT2D eigenvalue weighted by molar-refractivity contribution is 5.91. The van der Waals surface area contributed by atoms with Crippen molar-refractivity contribution >= 4 is 17.4 Å². The summed E-state index contributed by atoms with van der Waals surface area (Å²) in [6, 6.07) is 9.22. The maximum absolute atomic E-state index is 12.1. The molecule has 1 N–H and O–H groups in total. The van der Waals surface area contributed by atoms with Gasteiger partial charge >= 0.3 is 6.03 Å². The molecule has 2 amide bonds. The van der Waals surface area contributed by atoms with Gasteiger partial charge in [0.15, 0.2) is 0 Å². The quantitative estimate of drug-likeness (QED) is 0.691. The van der Waals surface area contributed by atoms with E-state index in [0.717, 1.165) is 5.56 Å². The first-order valence-electron chi connectivity index (χ1n) is 6.22. The van der Waals surface area contributed by atoms with E-state index in [1.54, 1.807) is 37.6 Å². The Morgan fingerprint density at radius 2 is 2.10 bits per heavy atom. The molecule has 21 heavy (non-hydrogen) atoms. The molecule has 0 bridgehead atoms. The fraction of sp³-hybridized carbons (Fsp3) is 0.143. The van der Waals surface area contributed by atoms with Crippen molar-refractivity contribution in [2.45, 2.75) is 6.54 Å². The van der Waals surface area contributed by atoms with Gasteiger partial charge in [-0.05, 0) is 17.7 Å². The molecular weight excluding hydrogens is 272 g/mol. The number of benzene rings is 1. The van der Waals surface area contributed by atoms with Gasteiger partial charge in [-0.25, -0.2) is 4.79 Å². The fourth-order valence-corrected chi connectivity index (χ4v) is 1.79. The second-order valence-corrected chi connectivity index (χ2v) is 4.42. The van der Waals surface area contributed by atoms with Gasteiger partial charge in [0.2, 0.25) is 0 Å². The number of hydrogen-bond donors (Lipinski definition) is 1. The smallest absolute Gasteiger partial charge is 0.322 e. The first-order chi connectivity index (χ1) is 10.1. The number of nitrogens with zero attached hydrogens (tertiary/aromatic N) is 3. The Bertz CT molecular complexity index is 646. The Morgan fingerprint density at radius 1 is 1.33 bits per heavy atom. The molecule has 1 aromatic heterocycles. The van der Waals surface area contributed by atoms with Crippen LogP contribution in [0.4, 0.5) is 16.2 Å². The number of aromatic nitrogens is 1. The van der Waals surface area contributed by atoms with Crippen LogP contribution in [-0.2, 0) is 6.54 Å². The third-order valence-corrected chi connectivity index (χ3v) is 2.83. The second kappa shape index (κ2) is 6.47. The SMILES string of the molecule is CN(Cc1cccnc1)C(=O)Nc1ccccc1[N+](=O)[O-]. The molecule has 108 valence electrons. The summed E-state index contributed by atoms with van der Waals surface area (Å²) in [5.74, 6) is 0. The highest BCUT2D eigenvalue weighted by Gasteiger charge is 2.16. The van der Waals surface area contributed by atoms with Gasteiger partial charge in [-0.1, -0.05) is 18.2 Å². The normalized spacial score (nSPS) is 9.95. The molecule has 0 radical (unpaired) electrons. The molecule has 2 aromatic rings. The van der Waals surface area contributed by atoms with Gasteiger partial charge in [0.05, 0.1) is 4.92 Å². The number of nitro benzene ring substituents is 1. The van der Waals surface area contributed by atoms with Crippen molar-refractivity contribution in [3.8, 4) is 0 Å². The predicted molar refractivity (Wildman–Crippen MR) is 77.8 cm³/mol. The Labute approximate surface area is 121 Å². The van der Waals surface area contributed by atoms with Crippen LogP contribution in [-0.4, -0.2) is 27.9 Å². The number of hydrogen-bond acceptors (Lipinski definition) is 4. The zero-order chi connectivity index (χ0) is 15.2. The van der Waals surface area contributed by atoms with Crippen LogP contribution in [0.5, 0.6) is 0 Å². The van der Waals surface area contributed by atoms with Gasteiger partial charge in [-0.3, -0.25) is 15.1 Å². The fourth-order valence-electron chi connectivity index (χ4n) is 1.79. The molecule has 0 aliphatic heterocycles. The predicted octanol–water partition coefficient (Wildman–Crippen LogP) is 2.65. The zero-order valence-electron chi connectivity index (χ0n) is 11.4. The second-order valence-electron chi connectivity index (χ2n) is 4.42. The highest BCUT2D eigenvalue weighted by atomic mass is 16.6. The average Bonchev–Trinajstić information content (AvgIpc) is 2.48. The van der Waals surface area contributed by atoms with Crippen molar-refractivity contribution in [1.82, 2.24) is 9.88 Å². The number of anilines is 1. The van der Waals surface area contributed by atoms with Crippen molar-refractivity contribution in [2.75, 3.05) is 12.4 Å². The van der Waals surface area contributed by atoms with E-state index in [9.17, 15) is 14.9 Å². The largest absolute Gasteiger partial charge is 0.323 e. The zero-order valence-corrected chi connectivity index (χ0v) is 11.4. The van der Waals surface area contributed by atoms with E-state index in [1.807, 2.05) is 6.07 Å². The monoisotopic (exact) mass is 286 g/mol. The van der Waals surface area contributed by atoms with Crippen molar-refractivity contribution < 1.29 is 9.72 Å². The lowest BCUT2D eigenvalue weighted by atomic mass is 10.2. The van der Waals surface area contributed by atoms with Crippen molar-refractivity contribution in [1.29, 1.82) is 0 Å². The number of urea groups is 1. The van der Waals surface area contributed by atoms with Crippen LogP contribution in [0.1, 0.15) is 5.56 Å². The standard InChI is InChI=1S/C14H14N4O3/c1-17(10-11-5-4-8-15-9-11)14(19)16-12-6-2-3-7-13(12)18(20)21/h2-9H,10H2,1H3,(H,16,19). The molecule has 0 atom stereocenters. The van der Waals surface area contributed by atoms with Crippen LogP contribution in [0.2, 0.25) is 0 Å². The minimum Gasteiger partial charge on any atom is -0.323 e. The average molecular weight is 286 g/mol. The molecule has 0 aliphatic carbocycles. The minimum absolute atomic E-state index is 0.138. The Morgan fingerprint density at radius 3 is 2.76 bits per heavy atom. The van der Waals surface area contributed by atoms with Crippen LogP contribution in [0.15, 0.2) is 48.8 Å². The summed E-state index contributed by atoms with van der Waals surface area (Å²) >= 11 is 0. The van der Waals surface area contributed by atoms with Gasteiger partial charge in [0, 0.05) is 32.1 Å². The number of para-hydroxylation sites is 2. The number of amides is 2. The van der Waals surface area contributed by atoms with E-state index < -0.39 is 11.0 Å². The molecule has 0 aliphatic rings. The molecule has 7 heteroatoms. The van der Waals surface area contributed by atoms with E-state index in [2.05, 4.69) is 10.3 Å². The summed E-state index contributed by atoms with van der Waals surface area (Å²) in [6.07, 6.45) is 3.31. The minimum atomic E-state index is -0.531. The Balaban J connectivity index is 2.06. The highest BCUT2D eigenvalue weighted by Crippen LogP contribution is 2.23. The third kappa shape index (κ3) is 3.75. The van der Waals surface area contributed by atoms with Gasteiger partial charge in [-0.15, -0.1) is 0 Å². The van der Waals surface area contributed by atoms with Crippen molar-refractivity contribution in [2.24, 2.45) is 0 Å². The van der Waals surface area contributed by atoms with E-state index in [0.29, 0.717) is 6.54 Å². The van der Waals surface area contributed by atoms with Crippen LogP contribution < -0.4 is 5.32 Å². The van der Waals surface area contributed by atoms with Crippen molar-refractivity contribution in [3.05, 3.63) is 64.5 Å². The summed E-state index contributed by atoms with van der Waals surface area (Å²) in [4.78, 5) is 27.8. The summed E-state index contributed by atoms with van der Waals surface area (Å²) in [5.41, 5.74) is 0.906. The van der Waals surface area contributed by atoms with Crippen LogP contribution >= 0.6 is 0 Å². The Hall–Kier alpha value is -2.96. The Kier molecular flexibility index (Phi) is 4.45. The van der Waals surface area contributed by atoms with Gasteiger partial charge in [0.25, 0.3) is 5.69 Å². The molecule has 0 saturated carbocycles. The van der Waals surface area contributed by atoms with Gasteiger partial charge < -0.3 is 10.2 Å². The maximum atomic E-state index is 12.1. The lowest BCUT2D eigenvalue weighted by molar-refractivity contribution is -0.383. The van der Waals surface area contributed by atoms with E-state index in [4.69, 9.17) is 0 Å². The summed E-state index contributed by atoms with van der Waals surface area (Å²) in [6.45, 7) is 0.361. The number of rotatable bonds is 4. The van der Waals surface area contributed by atoms with E-state index in [-0.39, 0.29) is 11.4 Å². The molecule has 1 aromatic carbocycles. The molecule has 7 nitrogen and oxygen atoms in total. The lowest BCUT2D eigenvalue weighted by Gasteiger charge is -2.17. The summed E-state index contributed by atoms with van der Waals surface area (Å²) < 4.78 is 0. The summed E-state index contributed by atoms with van der Waals surface area (Å²) in [5, 5.41) is 13.4. The molecule has 0 spiro atoms. The molecule has 0 saturated heterocycles. The molecule has 0 fully saturated rings. The number of pyridine rings is 1. The van der Waals surface area contributed by atoms with Crippen LogP contribution in [0.3, 0.4) is 0 Å². The summed E-state index contributed by atoms with van der Waals surface area (Å²) in [7, 11) is 1.61. The van der Waals surface area contributed by atoms with E-state index in [1.165, 1.54) is 17.0 Å². The lowest BCUT2D eigenvalue weighted by Crippen LogP contribution is -2.31. The number of nitro groups is 1. The van der Waals surface area contributed by atoms with E-state index >= 15 is 0 Å². The number of carbonyl (C=O) groups excluding carboxylic acids is 1. The number of carbonyl (C=O) groups is 1. The molecular formula is C14H14N4O3. The first-order valence-corrected chi connectivity index (χ1v) is 6.22. The first kappa shape index (κ1) is 14.4. The molecule has 2 rings (SSSR count). The molecule has 0 unspecified atom stereocenters. The van der Waals surface area contributed by atoms with Gasteiger partial charge in [0.1, 0.15) is 5.69 Å². The maximum Gasteiger partial charge on any atom is 0.322 e.